The van der Waals surface area contributed by atoms with Crippen molar-refractivity contribution in [1.82, 2.24) is 19.9 Å². The van der Waals surface area contributed by atoms with Crippen molar-refractivity contribution in [2.75, 3.05) is 5.32 Å². The molecule has 24 heavy (non-hydrogen) atoms. The average Bonchev–Trinajstić information content (AvgIpc) is 2.98. The molecule has 2 heterocycles. The molecular weight excluding hydrogens is 306 g/mol. The van der Waals surface area contributed by atoms with Gasteiger partial charge in [-0.1, -0.05) is 0 Å². The Morgan fingerprint density at radius 3 is 2.67 bits per heavy atom. The summed E-state index contributed by atoms with van der Waals surface area (Å²) in [5.41, 5.74) is 1.36. The van der Waals surface area contributed by atoms with Crippen molar-refractivity contribution < 1.29 is 4.79 Å². The van der Waals surface area contributed by atoms with Gasteiger partial charge in [-0.3, -0.25) is 19.1 Å². The minimum atomic E-state index is -0.115. The SMILES string of the molecule is CC(=O)N[C@@H]1CC[C@@H](Nc2nc(-c3ccncc3)cc(=O)n2C)C1. The van der Waals surface area contributed by atoms with Gasteiger partial charge in [0.2, 0.25) is 11.9 Å². The molecule has 7 nitrogen and oxygen atoms in total. The highest BCUT2D eigenvalue weighted by Gasteiger charge is 2.26. The van der Waals surface area contributed by atoms with E-state index in [-0.39, 0.29) is 23.6 Å². The van der Waals surface area contributed by atoms with Gasteiger partial charge in [0.1, 0.15) is 0 Å². The summed E-state index contributed by atoms with van der Waals surface area (Å²) in [5.74, 6) is 0.536. The van der Waals surface area contributed by atoms with E-state index in [4.69, 9.17) is 0 Å². The molecule has 2 aromatic heterocycles. The smallest absolute Gasteiger partial charge is 0.255 e. The van der Waals surface area contributed by atoms with Crippen LogP contribution >= 0.6 is 0 Å². The topological polar surface area (TPSA) is 88.9 Å². The zero-order chi connectivity index (χ0) is 17.1. The number of carbonyl (C=O) groups is 1. The lowest BCUT2D eigenvalue weighted by Crippen LogP contribution is -2.32. The van der Waals surface area contributed by atoms with E-state index in [2.05, 4.69) is 20.6 Å². The van der Waals surface area contributed by atoms with Gasteiger partial charge in [0, 0.05) is 50.1 Å². The maximum Gasteiger partial charge on any atom is 0.255 e. The molecule has 0 radical (unpaired) electrons. The molecule has 0 aliphatic heterocycles. The second-order valence-corrected chi connectivity index (χ2v) is 6.15. The molecule has 0 bridgehead atoms. The first kappa shape index (κ1) is 16.2. The number of pyridine rings is 1. The van der Waals surface area contributed by atoms with E-state index in [0.29, 0.717) is 11.6 Å². The van der Waals surface area contributed by atoms with Crippen molar-refractivity contribution in [3.8, 4) is 11.3 Å². The average molecular weight is 327 g/mol. The zero-order valence-corrected chi connectivity index (χ0v) is 13.8. The van der Waals surface area contributed by atoms with E-state index in [0.717, 1.165) is 24.8 Å². The van der Waals surface area contributed by atoms with Crippen molar-refractivity contribution in [2.24, 2.45) is 7.05 Å². The van der Waals surface area contributed by atoms with Gasteiger partial charge in [0.05, 0.1) is 5.69 Å². The van der Waals surface area contributed by atoms with Crippen LogP contribution in [0.15, 0.2) is 35.4 Å². The second-order valence-electron chi connectivity index (χ2n) is 6.15. The first-order valence-corrected chi connectivity index (χ1v) is 8.05. The molecule has 126 valence electrons. The predicted octanol–water partition coefficient (Wildman–Crippen LogP) is 1.31. The summed E-state index contributed by atoms with van der Waals surface area (Å²) in [7, 11) is 1.70. The lowest BCUT2D eigenvalue weighted by Gasteiger charge is -2.17. The Morgan fingerprint density at radius 2 is 1.96 bits per heavy atom. The van der Waals surface area contributed by atoms with Crippen LogP contribution in [-0.4, -0.2) is 32.5 Å². The van der Waals surface area contributed by atoms with Crippen LogP contribution in [0.3, 0.4) is 0 Å². The molecule has 2 atom stereocenters. The Morgan fingerprint density at radius 1 is 1.25 bits per heavy atom. The number of rotatable bonds is 4. The number of aromatic nitrogens is 3. The third-order valence-electron chi connectivity index (χ3n) is 4.28. The zero-order valence-electron chi connectivity index (χ0n) is 13.8. The minimum absolute atomic E-state index is 0.00846. The summed E-state index contributed by atoms with van der Waals surface area (Å²) < 4.78 is 1.51. The number of carbonyl (C=O) groups excluding carboxylic acids is 1. The summed E-state index contributed by atoms with van der Waals surface area (Å²) in [5, 5.41) is 6.29. The van der Waals surface area contributed by atoms with Crippen LogP contribution in [-0.2, 0) is 11.8 Å². The van der Waals surface area contributed by atoms with Crippen molar-refractivity contribution in [3.63, 3.8) is 0 Å². The molecular formula is C17H21N5O2. The molecule has 1 saturated carbocycles. The Hall–Kier alpha value is -2.70. The van der Waals surface area contributed by atoms with E-state index >= 15 is 0 Å². The van der Waals surface area contributed by atoms with Crippen LogP contribution in [0.4, 0.5) is 5.95 Å². The maximum atomic E-state index is 12.2. The third kappa shape index (κ3) is 3.61. The van der Waals surface area contributed by atoms with E-state index in [1.807, 2.05) is 12.1 Å². The van der Waals surface area contributed by atoms with Crippen LogP contribution < -0.4 is 16.2 Å². The largest absolute Gasteiger partial charge is 0.354 e. The van der Waals surface area contributed by atoms with Crippen LogP contribution in [0, 0.1) is 0 Å². The molecule has 2 N–H and O–H groups in total. The van der Waals surface area contributed by atoms with E-state index < -0.39 is 0 Å². The van der Waals surface area contributed by atoms with Crippen molar-refractivity contribution >= 4 is 11.9 Å². The van der Waals surface area contributed by atoms with E-state index in [1.165, 1.54) is 17.6 Å². The lowest BCUT2D eigenvalue weighted by molar-refractivity contribution is -0.119. The second kappa shape index (κ2) is 6.82. The normalized spacial score (nSPS) is 19.9. The first-order valence-electron chi connectivity index (χ1n) is 8.05. The predicted molar refractivity (Wildman–Crippen MR) is 91.6 cm³/mol. The summed E-state index contributed by atoms with van der Waals surface area (Å²) >= 11 is 0. The van der Waals surface area contributed by atoms with Gasteiger partial charge < -0.3 is 10.6 Å². The van der Waals surface area contributed by atoms with Crippen LogP contribution in [0.1, 0.15) is 26.2 Å². The van der Waals surface area contributed by atoms with Gasteiger partial charge in [-0.05, 0) is 31.4 Å². The Kier molecular flexibility index (Phi) is 4.59. The highest BCUT2D eigenvalue weighted by molar-refractivity contribution is 5.73. The highest BCUT2D eigenvalue weighted by atomic mass is 16.1. The monoisotopic (exact) mass is 327 g/mol. The quantitative estimate of drug-likeness (QED) is 0.884. The first-order chi connectivity index (χ1) is 11.5. The molecule has 0 aromatic carbocycles. The number of nitrogens with one attached hydrogen (secondary N) is 2. The number of anilines is 1. The Bertz CT molecular complexity index is 787. The van der Waals surface area contributed by atoms with Crippen LogP contribution in [0.5, 0.6) is 0 Å². The summed E-state index contributed by atoms with van der Waals surface area (Å²) in [4.78, 5) is 32.0. The number of amides is 1. The van der Waals surface area contributed by atoms with Gasteiger partial charge in [-0.15, -0.1) is 0 Å². The van der Waals surface area contributed by atoms with Gasteiger partial charge in [0.15, 0.2) is 0 Å². The fraction of sp³-hybridized carbons (Fsp3) is 0.412. The molecule has 3 rings (SSSR count). The number of nitrogens with zero attached hydrogens (tertiary/aromatic N) is 3. The van der Waals surface area contributed by atoms with E-state index in [1.54, 1.807) is 19.4 Å². The molecule has 1 aliphatic carbocycles. The fourth-order valence-corrected chi connectivity index (χ4v) is 3.05. The standard InChI is InChI=1S/C17H21N5O2/c1-11(23)19-13-3-4-14(9-13)20-17-21-15(10-16(24)22(17)2)12-5-7-18-8-6-12/h5-8,10,13-14H,3-4,9H2,1-2H3,(H,19,23)(H,20,21)/t13-,14-/m1/s1. The summed E-state index contributed by atoms with van der Waals surface area (Å²) in [6.45, 7) is 1.53. The molecule has 1 aliphatic rings. The van der Waals surface area contributed by atoms with Gasteiger partial charge in [0.25, 0.3) is 5.56 Å². The molecule has 1 fully saturated rings. The van der Waals surface area contributed by atoms with E-state index in [9.17, 15) is 9.59 Å². The molecule has 7 heteroatoms. The molecule has 0 unspecified atom stereocenters. The van der Waals surface area contributed by atoms with Gasteiger partial charge >= 0.3 is 0 Å². The summed E-state index contributed by atoms with van der Waals surface area (Å²) in [6, 6.07) is 5.55. The Balaban J connectivity index is 1.80. The number of hydrogen-bond acceptors (Lipinski definition) is 5. The van der Waals surface area contributed by atoms with Crippen molar-refractivity contribution in [2.45, 2.75) is 38.3 Å². The van der Waals surface area contributed by atoms with Gasteiger partial charge in [-0.2, -0.15) is 0 Å². The van der Waals surface area contributed by atoms with Gasteiger partial charge in [-0.25, -0.2) is 4.98 Å². The minimum Gasteiger partial charge on any atom is -0.354 e. The van der Waals surface area contributed by atoms with Crippen LogP contribution in [0.2, 0.25) is 0 Å². The molecule has 0 saturated heterocycles. The highest BCUT2D eigenvalue weighted by Crippen LogP contribution is 2.23. The summed E-state index contributed by atoms with van der Waals surface area (Å²) in [6.07, 6.45) is 6.04. The fourth-order valence-electron chi connectivity index (χ4n) is 3.05. The lowest BCUT2D eigenvalue weighted by atomic mass is 10.2. The van der Waals surface area contributed by atoms with Crippen LogP contribution in [0.25, 0.3) is 11.3 Å². The van der Waals surface area contributed by atoms with Crippen molar-refractivity contribution in [1.29, 1.82) is 0 Å². The Labute approximate surface area is 140 Å². The van der Waals surface area contributed by atoms with Crippen molar-refractivity contribution in [3.05, 3.63) is 40.9 Å². The molecule has 1 amide bonds. The molecule has 0 spiro atoms. The molecule has 2 aromatic rings. The maximum absolute atomic E-state index is 12.2. The third-order valence-corrected chi connectivity index (χ3v) is 4.28. The number of hydrogen-bond donors (Lipinski definition) is 2.